The van der Waals surface area contributed by atoms with Crippen molar-refractivity contribution < 1.29 is 14.3 Å². The number of alkyl halides is 1. The van der Waals surface area contributed by atoms with E-state index in [1.807, 2.05) is 0 Å². The van der Waals surface area contributed by atoms with E-state index in [-0.39, 0.29) is 5.69 Å². The molecule has 0 aliphatic rings. The minimum absolute atomic E-state index is 0.153. The molecule has 0 fully saturated rings. The van der Waals surface area contributed by atoms with Crippen LogP contribution in [0.2, 0.25) is 0 Å². The maximum Gasteiger partial charge on any atom is 0.328 e. The van der Waals surface area contributed by atoms with E-state index in [4.69, 9.17) is 5.11 Å². The molecule has 0 bridgehead atoms. The lowest BCUT2D eigenvalue weighted by Gasteiger charge is -2.07. The van der Waals surface area contributed by atoms with E-state index < -0.39 is 18.7 Å². The Morgan fingerprint density at radius 2 is 2.54 bits per heavy atom. The van der Waals surface area contributed by atoms with Gasteiger partial charge in [0.15, 0.2) is 6.04 Å². The molecule has 6 heteroatoms. The zero-order valence-corrected chi connectivity index (χ0v) is 7.14. The molecule has 1 rings (SSSR count). The van der Waals surface area contributed by atoms with Gasteiger partial charge < -0.3 is 5.11 Å². The molecule has 1 N–H and O–H groups in total. The van der Waals surface area contributed by atoms with Crippen LogP contribution in [-0.4, -0.2) is 26.1 Å². The van der Waals surface area contributed by atoms with Crippen molar-refractivity contribution in [2.45, 2.75) is 26.1 Å². The first-order valence-corrected chi connectivity index (χ1v) is 3.88. The Hall–Kier alpha value is -1.46. The summed E-state index contributed by atoms with van der Waals surface area (Å²) in [6, 6.07) is -0.757. The SMILES string of the molecule is CC[C@H](C(=O)O)n1cc(CF)nn1. The molecule has 0 saturated carbocycles. The number of rotatable bonds is 4. The van der Waals surface area contributed by atoms with Crippen molar-refractivity contribution in [3.8, 4) is 0 Å². The molecule has 5 nitrogen and oxygen atoms in total. The Labute approximate surface area is 74.2 Å². The molecule has 0 aliphatic carbocycles. The Kier molecular flexibility index (Phi) is 2.94. The number of hydrogen-bond donors (Lipinski definition) is 1. The van der Waals surface area contributed by atoms with Gasteiger partial charge in [-0.25, -0.2) is 13.9 Å². The summed E-state index contributed by atoms with van der Waals surface area (Å²) >= 11 is 0. The Morgan fingerprint density at radius 3 is 2.92 bits per heavy atom. The third-order valence-corrected chi connectivity index (χ3v) is 1.69. The normalized spacial score (nSPS) is 12.8. The number of carbonyl (C=O) groups is 1. The van der Waals surface area contributed by atoms with Gasteiger partial charge in [-0.1, -0.05) is 12.1 Å². The van der Waals surface area contributed by atoms with Gasteiger partial charge >= 0.3 is 5.97 Å². The van der Waals surface area contributed by atoms with Gasteiger partial charge in [-0.3, -0.25) is 0 Å². The van der Waals surface area contributed by atoms with Gasteiger partial charge in [0.25, 0.3) is 0 Å². The van der Waals surface area contributed by atoms with E-state index >= 15 is 0 Å². The number of aliphatic carboxylic acids is 1. The number of nitrogens with zero attached hydrogens (tertiary/aromatic N) is 3. The fourth-order valence-electron chi connectivity index (χ4n) is 1.00. The zero-order valence-electron chi connectivity index (χ0n) is 7.14. The highest BCUT2D eigenvalue weighted by Gasteiger charge is 2.18. The van der Waals surface area contributed by atoms with Gasteiger partial charge in [-0.15, -0.1) is 5.10 Å². The van der Waals surface area contributed by atoms with Crippen molar-refractivity contribution in [3.63, 3.8) is 0 Å². The van der Waals surface area contributed by atoms with Crippen LogP contribution in [0.5, 0.6) is 0 Å². The van der Waals surface area contributed by atoms with Crippen LogP contribution in [0.3, 0.4) is 0 Å². The van der Waals surface area contributed by atoms with Crippen LogP contribution in [-0.2, 0) is 11.5 Å². The summed E-state index contributed by atoms with van der Waals surface area (Å²) in [7, 11) is 0. The van der Waals surface area contributed by atoms with Gasteiger partial charge in [0.2, 0.25) is 0 Å². The number of carboxylic acids is 1. The van der Waals surface area contributed by atoms with Gasteiger partial charge in [-0.2, -0.15) is 0 Å². The molecule has 1 heterocycles. The topological polar surface area (TPSA) is 68.0 Å². The van der Waals surface area contributed by atoms with Crippen molar-refractivity contribution >= 4 is 5.97 Å². The second-order valence-electron chi connectivity index (χ2n) is 2.59. The van der Waals surface area contributed by atoms with Crippen LogP contribution in [0, 0.1) is 0 Å². The van der Waals surface area contributed by atoms with E-state index in [0.717, 1.165) is 4.68 Å². The Bertz CT molecular complexity index is 300. The van der Waals surface area contributed by atoms with Gasteiger partial charge in [-0.05, 0) is 6.42 Å². The number of carboxylic acid groups (broad SMARTS) is 1. The quantitative estimate of drug-likeness (QED) is 0.756. The lowest BCUT2D eigenvalue weighted by molar-refractivity contribution is -0.141. The molecule has 1 aromatic heterocycles. The van der Waals surface area contributed by atoms with Crippen molar-refractivity contribution in [2.75, 3.05) is 0 Å². The molecule has 0 spiro atoms. The lowest BCUT2D eigenvalue weighted by atomic mass is 10.2. The van der Waals surface area contributed by atoms with Crippen molar-refractivity contribution in [3.05, 3.63) is 11.9 Å². The highest BCUT2D eigenvalue weighted by molar-refractivity contribution is 5.71. The van der Waals surface area contributed by atoms with E-state index in [2.05, 4.69) is 10.3 Å². The van der Waals surface area contributed by atoms with Crippen LogP contribution in [0.4, 0.5) is 4.39 Å². The van der Waals surface area contributed by atoms with E-state index in [1.165, 1.54) is 6.20 Å². The Morgan fingerprint density at radius 1 is 1.85 bits per heavy atom. The number of halogens is 1. The van der Waals surface area contributed by atoms with Gasteiger partial charge in [0, 0.05) is 0 Å². The molecule has 0 aromatic carbocycles. The molecular formula is C7H10FN3O2. The predicted octanol–water partition coefficient (Wildman–Crippen LogP) is 0.783. The molecule has 72 valence electrons. The monoisotopic (exact) mass is 187 g/mol. The first-order valence-electron chi connectivity index (χ1n) is 3.88. The molecule has 1 atom stereocenters. The Balaban J connectivity index is 2.85. The van der Waals surface area contributed by atoms with Gasteiger partial charge in [0.1, 0.15) is 12.4 Å². The average molecular weight is 187 g/mol. The molecule has 13 heavy (non-hydrogen) atoms. The molecule has 0 amide bonds. The van der Waals surface area contributed by atoms with E-state index in [1.54, 1.807) is 6.92 Å². The molecule has 1 aromatic rings. The standard InChI is InChI=1S/C7H10FN3O2/c1-2-6(7(12)13)11-4-5(3-8)9-10-11/h4,6H,2-3H2,1H3,(H,12,13)/t6-/m1/s1. The van der Waals surface area contributed by atoms with Crippen LogP contribution in [0.1, 0.15) is 25.1 Å². The maximum atomic E-state index is 12.0. The van der Waals surface area contributed by atoms with Crippen LogP contribution in [0.15, 0.2) is 6.20 Å². The number of hydrogen-bond acceptors (Lipinski definition) is 3. The molecule has 0 aliphatic heterocycles. The van der Waals surface area contributed by atoms with Crippen molar-refractivity contribution in [2.24, 2.45) is 0 Å². The smallest absolute Gasteiger partial charge is 0.328 e. The maximum absolute atomic E-state index is 12.0. The molecule has 0 unspecified atom stereocenters. The van der Waals surface area contributed by atoms with Crippen LogP contribution < -0.4 is 0 Å². The molecule has 0 radical (unpaired) electrons. The van der Waals surface area contributed by atoms with Crippen molar-refractivity contribution in [1.29, 1.82) is 0 Å². The molecular weight excluding hydrogens is 177 g/mol. The lowest BCUT2D eigenvalue weighted by Crippen LogP contribution is -2.18. The fourth-order valence-corrected chi connectivity index (χ4v) is 1.00. The summed E-state index contributed by atoms with van der Waals surface area (Å²) in [6.07, 6.45) is 1.70. The average Bonchev–Trinajstić information content (AvgIpc) is 2.53. The van der Waals surface area contributed by atoms with Crippen LogP contribution >= 0.6 is 0 Å². The molecule has 0 saturated heterocycles. The summed E-state index contributed by atoms with van der Waals surface area (Å²) in [4.78, 5) is 10.6. The minimum Gasteiger partial charge on any atom is -0.480 e. The first-order chi connectivity index (χ1) is 6.19. The summed E-state index contributed by atoms with van der Waals surface area (Å²) in [5, 5.41) is 15.7. The van der Waals surface area contributed by atoms with E-state index in [9.17, 15) is 9.18 Å². The zero-order chi connectivity index (χ0) is 9.84. The minimum atomic E-state index is -0.988. The highest BCUT2D eigenvalue weighted by atomic mass is 19.1. The van der Waals surface area contributed by atoms with Crippen LogP contribution in [0.25, 0.3) is 0 Å². The summed E-state index contributed by atoms with van der Waals surface area (Å²) in [5.41, 5.74) is 0.153. The number of aromatic nitrogens is 3. The van der Waals surface area contributed by atoms with Crippen molar-refractivity contribution in [1.82, 2.24) is 15.0 Å². The first kappa shape index (κ1) is 9.63. The summed E-state index contributed by atoms with van der Waals surface area (Å²) in [6.45, 7) is 0.992. The third kappa shape index (κ3) is 2.01. The van der Waals surface area contributed by atoms with E-state index in [0.29, 0.717) is 6.42 Å². The largest absolute Gasteiger partial charge is 0.480 e. The fraction of sp³-hybridized carbons (Fsp3) is 0.571. The third-order valence-electron chi connectivity index (χ3n) is 1.69. The predicted molar refractivity (Wildman–Crippen MR) is 41.8 cm³/mol. The summed E-state index contributed by atoms with van der Waals surface area (Å²) < 4.78 is 13.2. The second kappa shape index (κ2) is 3.97. The van der Waals surface area contributed by atoms with Gasteiger partial charge in [0.05, 0.1) is 6.20 Å². The summed E-state index contributed by atoms with van der Waals surface area (Å²) in [5.74, 6) is -0.988. The highest BCUT2D eigenvalue weighted by Crippen LogP contribution is 2.10. The second-order valence-corrected chi connectivity index (χ2v) is 2.59.